The van der Waals surface area contributed by atoms with Crippen LogP contribution >= 0.6 is 0 Å². The van der Waals surface area contributed by atoms with Crippen LogP contribution in [-0.2, 0) is 12.8 Å². The van der Waals surface area contributed by atoms with E-state index >= 15 is 0 Å². The maximum atomic E-state index is 3.79. The molecule has 1 N–H and O–H groups in total. The van der Waals surface area contributed by atoms with Crippen molar-refractivity contribution in [3.05, 3.63) is 34.9 Å². The summed E-state index contributed by atoms with van der Waals surface area (Å²) in [6.45, 7) is 9.23. The summed E-state index contributed by atoms with van der Waals surface area (Å²) in [6.07, 6.45) is 6.42. The van der Waals surface area contributed by atoms with Crippen LogP contribution in [0.1, 0.15) is 69.7 Å². The van der Waals surface area contributed by atoms with E-state index in [1.54, 1.807) is 11.1 Å². The minimum atomic E-state index is 0.460. The van der Waals surface area contributed by atoms with E-state index in [2.05, 4.69) is 51.2 Å². The maximum absolute atomic E-state index is 3.79. The highest BCUT2D eigenvalue weighted by Gasteiger charge is 2.18. The average molecular weight is 259 g/mol. The van der Waals surface area contributed by atoms with E-state index in [0.29, 0.717) is 12.1 Å². The van der Waals surface area contributed by atoms with Crippen molar-refractivity contribution in [3.63, 3.8) is 0 Å². The number of hydrogen-bond acceptors (Lipinski definition) is 1. The summed E-state index contributed by atoms with van der Waals surface area (Å²) in [6, 6.07) is 8.15. The number of nitrogens with one attached hydrogen (secondary N) is 1. The summed E-state index contributed by atoms with van der Waals surface area (Å²) in [5.74, 6) is 0.789. The third-order valence-electron chi connectivity index (χ3n) is 4.89. The van der Waals surface area contributed by atoms with Gasteiger partial charge < -0.3 is 5.32 Å². The van der Waals surface area contributed by atoms with Gasteiger partial charge in [0.05, 0.1) is 0 Å². The van der Waals surface area contributed by atoms with Crippen molar-refractivity contribution in [1.29, 1.82) is 0 Å². The highest BCUT2D eigenvalue weighted by Crippen LogP contribution is 2.26. The van der Waals surface area contributed by atoms with Gasteiger partial charge in [0.2, 0.25) is 0 Å². The van der Waals surface area contributed by atoms with Crippen LogP contribution in [0.3, 0.4) is 0 Å². The lowest BCUT2D eigenvalue weighted by molar-refractivity contribution is 0.330. The molecule has 0 amide bonds. The molecule has 0 saturated carbocycles. The van der Waals surface area contributed by atoms with Gasteiger partial charge in [-0.2, -0.15) is 0 Å². The molecule has 1 nitrogen and oxygen atoms in total. The van der Waals surface area contributed by atoms with Gasteiger partial charge in [-0.05, 0) is 55.7 Å². The minimum Gasteiger partial charge on any atom is -0.307 e. The summed E-state index contributed by atoms with van der Waals surface area (Å²) >= 11 is 0. The van der Waals surface area contributed by atoms with Gasteiger partial charge in [0.1, 0.15) is 0 Å². The third kappa shape index (κ3) is 3.39. The normalized spacial score (nSPS) is 17.5. The summed E-state index contributed by atoms with van der Waals surface area (Å²) in [5.41, 5.74) is 4.61. The van der Waals surface area contributed by atoms with Crippen LogP contribution in [0.15, 0.2) is 18.2 Å². The monoisotopic (exact) mass is 259 g/mol. The molecule has 2 rings (SSSR count). The quantitative estimate of drug-likeness (QED) is 0.784. The fourth-order valence-corrected chi connectivity index (χ4v) is 3.48. The molecule has 2 atom stereocenters. The fraction of sp³-hybridized carbons (Fsp3) is 0.667. The molecule has 0 radical (unpaired) electrons. The van der Waals surface area contributed by atoms with Crippen molar-refractivity contribution >= 4 is 0 Å². The molecule has 106 valence electrons. The first-order valence-electron chi connectivity index (χ1n) is 8.03. The van der Waals surface area contributed by atoms with Gasteiger partial charge in [-0.15, -0.1) is 0 Å². The van der Waals surface area contributed by atoms with Crippen molar-refractivity contribution < 1.29 is 0 Å². The van der Waals surface area contributed by atoms with E-state index in [-0.39, 0.29) is 0 Å². The first-order chi connectivity index (χ1) is 9.15. The Morgan fingerprint density at radius 2 is 1.74 bits per heavy atom. The largest absolute Gasteiger partial charge is 0.307 e. The SMILES string of the molecule is CCC(CC)C(C)NC(C)c1ccc2c(c1)CCC2. The van der Waals surface area contributed by atoms with Gasteiger partial charge in [-0.25, -0.2) is 0 Å². The number of rotatable bonds is 6. The zero-order chi connectivity index (χ0) is 13.8. The lowest BCUT2D eigenvalue weighted by Gasteiger charge is -2.27. The minimum absolute atomic E-state index is 0.460. The summed E-state index contributed by atoms with van der Waals surface area (Å²) in [4.78, 5) is 0. The topological polar surface area (TPSA) is 12.0 Å². The molecular formula is C18H29N. The van der Waals surface area contributed by atoms with Crippen molar-refractivity contribution in [2.24, 2.45) is 5.92 Å². The average Bonchev–Trinajstić information content (AvgIpc) is 2.87. The molecule has 0 heterocycles. The van der Waals surface area contributed by atoms with Crippen LogP contribution in [0.5, 0.6) is 0 Å². The molecule has 0 spiro atoms. The molecule has 0 fully saturated rings. The van der Waals surface area contributed by atoms with Crippen LogP contribution < -0.4 is 5.32 Å². The standard InChI is InChI=1S/C18H29N/c1-5-15(6-2)13(3)19-14(4)17-11-10-16-8-7-9-18(16)12-17/h10-15,19H,5-9H2,1-4H3. The molecule has 1 aliphatic carbocycles. The summed E-state index contributed by atoms with van der Waals surface area (Å²) < 4.78 is 0. The van der Waals surface area contributed by atoms with Crippen molar-refractivity contribution in [1.82, 2.24) is 5.32 Å². The van der Waals surface area contributed by atoms with E-state index in [9.17, 15) is 0 Å². The Bertz CT molecular complexity index is 406. The van der Waals surface area contributed by atoms with Gasteiger partial charge in [-0.1, -0.05) is 44.9 Å². The van der Waals surface area contributed by atoms with Crippen LogP contribution in [0.2, 0.25) is 0 Å². The Balaban J connectivity index is 2.01. The Morgan fingerprint density at radius 1 is 1.05 bits per heavy atom. The molecule has 19 heavy (non-hydrogen) atoms. The molecular weight excluding hydrogens is 230 g/mol. The molecule has 1 aromatic carbocycles. The van der Waals surface area contributed by atoms with Gasteiger partial charge >= 0.3 is 0 Å². The van der Waals surface area contributed by atoms with Gasteiger partial charge in [0.15, 0.2) is 0 Å². The second-order valence-electron chi connectivity index (χ2n) is 6.14. The maximum Gasteiger partial charge on any atom is 0.0294 e. The molecule has 0 aromatic heterocycles. The summed E-state index contributed by atoms with van der Waals surface area (Å²) in [5, 5.41) is 3.79. The Morgan fingerprint density at radius 3 is 2.42 bits per heavy atom. The highest BCUT2D eigenvalue weighted by atomic mass is 14.9. The van der Waals surface area contributed by atoms with Crippen molar-refractivity contribution in [2.75, 3.05) is 0 Å². The molecule has 1 aromatic rings. The van der Waals surface area contributed by atoms with Crippen molar-refractivity contribution in [2.45, 2.75) is 71.9 Å². The molecule has 1 aliphatic rings. The third-order valence-corrected chi connectivity index (χ3v) is 4.89. The Kier molecular flexibility index (Phi) is 5.04. The van der Waals surface area contributed by atoms with Crippen LogP contribution in [-0.4, -0.2) is 6.04 Å². The van der Waals surface area contributed by atoms with E-state index in [4.69, 9.17) is 0 Å². The van der Waals surface area contributed by atoms with E-state index < -0.39 is 0 Å². The van der Waals surface area contributed by atoms with Gasteiger partial charge in [-0.3, -0.25) is 0 Å². The van der Waals surface area contributed by atoms with Gasteiger partial charge in [0, 0.05) is 12.1 Å². The van der Waals surface area contributed by atoms with Crippen molar-refractivity contribution in [3.8, 4) is 0 Å². The van der Waals surface area contributed by atoms with Crippen LogP contribution in [0.4, 0.5) is 0 Å². The number of aryl methyl sites for hydroxylation is 2. The predicted octanol–water partition coefficient (Wildman–Crippen LogP) is 4.65. The second-order valence-corrected chi connectivity index (χ2v) is 6.14. The number of hydrogen-bond donors (Lipinski definition) is 1. The van der Waals surface area contributed by atoms with E-state index in [1.807, 2.05) is 0 Å². The Labute approximate surface area is 118 Å². The fourth-order valence-electron chi connectivity index (χ4n) is 3.48. The predicted molar refractivity (Wildman–Crippen MR) is 83.6 cm³/mol. The molecule has 0 bridgehead atoms. The van der Waals surface area contributed by atoms with Crippen LogP contribution in [0, 0.1) is 5.92 Å². The molecule has 1 heteroatoms. The molecule has 2 unspecified atom stereocenters. The lowest BCUT2D eigenvalue weighted by atomic mass is 9.94. The number of fused-ring (bicyclic) bond motifs is 1. The first-order valence-corrected chi connectivity index (χ1v) is 8.03. The zero-order valence-electron chi connectivity index (χ0n) is 13.0. The number of benzene rings is 1. The Hall–Kier alpha value is -0.820. The lowest BCUT2D eigenvalue weighted by Crippen LogP contribution is -2.35. The second kappa shape index (κ2) is 6.56. The zero-order valence-corrected chi connectivity index (χ0v) is 13.0. The summed E-state index contributed by atoms with van der Waals surface area (Å²) in [7, 11) is 0. The smallest absolute Gasteiger partial charge is 0.0294 e. The first kappa shape index (κ1) is 14.6. The van der Waals surface area contributed by atoms with Gasteiger partial charge in [0.25, 0.3) is 0 Å². The highest BCUT2D eigenvalue weighted by molar-refractivity contribution is 5.36. The van der Waals surface area contributed by atoms with Crippen LogP contribution in [0.25, 0.3) is 0 Å². The molecule has 0 saturated heterocycles. The van der Waals surface area contributed by atoms with E-state index in [0.717, 1.165) is 5.92 Å². The molecule has 0 aliphatic heterocycles. The van der Waals surface area contributed by atoms with E-state index in [1.165, 1.54) is 37.7 Å².